The Kier molecular flexibility index (Phi) is 4.54. The minimum atomic E-state index is -3.12. The average Bonchev–Trinajstić information content (AvgIpc) is 2.99. The smallest absolute Gasteiger partial charge is 0.387 e. The van der Waals surface area contributed by atoms with Crippen LogP contribution in [0.15, 0.2) is 24.5 Å². The number of carbonyl (C=O) groups excluding carboxylic acids is 1. The maximum absolute atomic E-state index is 13.6. The molecule has 0 fully saturated rings. The van der Waals surface area contributed by atoms with E-state index in [1.54, 1.807) is 4.68 Å². The summed E-state index contributed by atoms with van der Waals surface area (Å²) in [5.41, 5.74) is 0.115. The maximum atomic E-state index is 13.6. The number of fused-ring (bicyclic) bond motifs is 1. The van der Waals surface area contributed by atoms with Crippen molar-refractivity contribution in [1.29, 1.82) is 0 Å². The monoisotopic (exact) mass is 341 g/mol. The molecule has 0 bridgehead atoms. The molecular formula is C14H14F3N5O2. The number of benzene rings is 1. The Labute approximate surface area is 134 Å². The number of halogens is 3. The molecule has 2 N–H and O–H groups in total. The Bertz CT molecular complexity index is 737. The predicted molar refractivity (Wildman–Crippen MR) is 77.2 cm³/mol. The number of aromatic nitrogens is 3. The highest BCUT2D eigenvalue weighted by Gasteiger charge is 2.24. The second kappa shape index (κ2) is 6.77. The predicted octanol–water partition coefficient (Wildman–Crippen LogP) is 2.68. The van der Waals surface area contributed by atoms with Crippen LogP contribution >= 0.6 is 0 Å². The molecule has 128 valence electrons. The summed E-state index contributed by atoms with van der Waals surface area (Å²) in [5.74, 6) is -0.926. The number of aryl methyl sites for hydroxylation is 1. The van der Waals surface area contributed by atoms with E-state index in [4.69, 9.17) is 0 Å². The number of alkyl halides is 2. The van der Waals surface area contributed by atoms with Gasteiger partial charge in [-0.2, -0.15) is 13.9 Å². The number of hydrogen-bond acceptors (Lipinski definition) is 4. The van der Waals surface area contributed by atoms with Crippen molar-refractivity contribution in [2.75, 3.05) is 5.32 Å². The largest absolute Gasteiger partial charge is 0.432 e. The van der Waals surface area contributed by atoms with E-state index in [9.17, 15) is 18.0 Å². The van der Waals surface area contributed by atoms with E-state index in [-0.39, 0.29) is 11.7 Å². The number of amides is 2. The highest BCUT2D eigenvalue weighted by molar-refractivity contribution is 5.89. The van der Waals surface area contributed by atoms with Crippen molar-refractivity contribution in [1.82, 2.24) is 20.1 Å². The third kappa shape index (κ3) is 3.58. The number of carbonyl (C=O) groups is 1. The van der Waals surface area contributed by atoms with Crippen LogP contribution in [0.4, 0.5) is 23.7 Å². The number of hydrogen-bond donors (Lipinski definition) is 2. The van der Waals surface area contributed by atoms with Gasteiger partial charge in [0.2, 0.25) is 0 Å². The summed E-state index contributed by atoms with van der Waals surface area (Å²) < 4.78 is 43.5. The zero-order valence-corrected chi connectivity index (χ0v) is 12.4. The van der Waals surface area contributed by atoms with Gasteiger partial charge < -0.3 is 15.4 Å². The number of ether oxygens (including phenoxy) is 1. The van der Waals surface area contributed by atoms with Crippen LogP contribution in [0.25, 0.3) is 0 Å². The highest BCUT2D eigenvalue weighted by Crippen LogP contribution is 2.24. The molecule has 0 saturated heterocycles. The number of nitrogens with zero attached hydrogens (tertiary/aromatic N) is 3. The van der Waals surface area contributed by atoms with Gasteiger partial charge in [-0.25, -0.2) is 18.9 Å². The van der Waals surface area contributed by atoms with Crippen molar-refractivity contribution in [2.45, 2.75) is 32.0 Å². The molecule has 2 amide bonds. The van der Waals surface area contributed by atoms with Gasteiger partial charge >= 0.3 is 12.6 Å². The first kappa shape index (κ1) is 16.1. The Morgan fingerprint density at radius 3 is 3.00 bits per heavy atom. The average molecular weight is 341 g/mol. The lowest BCUT2D eigenvalue weighted by Crippen LogP contribution is -2.36. The molecule has 1 aromatic carbocycles. The molecule has 3 rings (SSSR count). The molecule has 0 spiro atoms. The number of anilines is 1. The van der Waals surface area contributed by atoms with Crippen molar-refractivity contribution in [3.63, 3.8) is 0 Å². The third-order valence-corrected chi connectivity index (χ3v) is 3.53. The third-order valence-electron chi connectivity index (χ3n) is 3.53. The lowest BCUT2D eigenvalue weighted by molar-refractivity contribution is -0.0521. The van der Waals surface area contributed by atoms with Gasteiger partial charge in [-0.1, -0.05) is 0 Å². The Morgan fingerprint density at radius 2 is 2.25 bits per heavy atom. The van der Waals surface area contributed by atoms with E-state index in [0.717, 1.165) is 25.1 Å². The lowest BCUT2D eigenvalue weighted by atomic mass is 10.1. The summed E-state index contributed by atoms with van der Waals surface area (Å²) in [6.45, 7) is -2.38. The molecule has 0 aliphatic carbocycles. The standard InChI is InChI=1S/C14H14F3N5O2/c15-9-6-8(3-4-11(9)24-13(16)17)20-14(23)21-10-2-1-5-22-12(10)18-7-19-22/h3-4,6-7,10,13H,1-2,5H2,(H2,20,21,23). The summed E-state index contributed by atoms with van der Waals surface area (Å²) in [5, 5.41) is 9.22. The second-order valence-corrected chi connectivity index (χ2v) is 5.16. The number of nitrogens with one attached hydrogen (secondary N) is 2. The van der Waals surface area contributed by atoms with Crippen LogP contribution in [-0.4, -0.2) is 27.4 Å². The first-order chi connectivity index (χ1) is 11.5. The van der Waals surface area contributed by atoms with E-state index < -0.39 is 24.2 Å². The summed E-state index contributed by atoms with van der Waals surface area (Å²) in [6, 6.07) is 2.34. The number of rotatable bonds is 4. The normalized spacial score (nSPS) is 16.6. The summed E-state index contributed by atoms with van der Waals surface area (Å²) >= 11 is 0. The molecule has 10 heteroatoms. The van der Waals surface area contributed by atoms with E-state index in [1.807, 2.05) is 0 Å². The van der Waals surface area contributed by atoms with Crippen molar-refractivity contribution in [3.8, 4) is 5.75 Å². The molecule has 2 heterocycles. The molecule has 1 aliphatic heterocycles. The quantitative estimate of drug-likeness (QED) is 0.896. The number of urea groups is 1. The molecular weight excluding hydrogens is 327 g/mol. The summed E-state index contributed by atoms with van der Waals surface area (Å²) in [6.07, 6.45) is 2.97. The first-order valence-corrected chi connectivity index (χ1v) is 7.22. The molecule has 7 nitrogen and oxygen atoms in total. The van der Waals surface area contributed by atoms with Gasteiger partial charge in [-0.15, -0.1) is 0 Å². The van der Waals surface area contributed by atoms with Gasteiger partial charge in [0.25, 0.3) is 0 Å². The zero-order chi connectivity index (χ0) is 17.1. The molecule has 2 aromatic rings. The highest BCUT2D eigenvalue weighted by atomic mass is 19.3. The van der Waals surface area contributed by atoms with Crippen LogP contribution in [-0.2, 0) is 6.54 Å². The van der Waals surface area contributed by atoms with Gasteiger partial charge in [0.15, 0.2) is 11.6 Å². The van der Waals surface area contributed by atoms with Crippen molar-refractivity contribution in [2.24, 2.45) is 0 Å². The van der Waals surface area contributed by atoms with Crippen LogP contribution in [0.3, 0.4) is 0 Å². The molecule has 1 atom stereocenters. The van der Waals surface area contributed by atoms with Crippen LogP contribution < -0.4 is 15.4 Å². The van der Waals surface area contributed by atoms with E-state index in [2.05, 4.69) is 25.5 Å². The van der Waals surface area contributed by atoms with Crippen LogP contribution in [0.5, 0.6) is 5.75 Å². The first-order valence-electron chi connectivity index (χ1n) is 7.22. The molecule has 1 aromatic heterocycles. The van der Waals surface area contributed by atoms with Crippen LogP contribution in [0, 0.1) is 5.82 Å². The van der Waals surface area contributed by atoms with E-state index in [1.165, 1.54) is 12.4 Å². The SMILES string of the molecule is O=C(Nc1ccc(OC(F)F)c(F)c1)NC1CCCn2ncnc21. The van der Waals surface area contributed by atoms with Crippen LogP contribution in [0.1, 0.15) is 24.7 Å². The van der Waals surface area contributed by atoms with Crippen LogP contribution in [0.2, 0.25) is 0 Å². The van der Waals surface area contributed by atoms with Crippen molar-refractivity contribution >= 4 is 11.7 Å². The Hall–Kier alpha value is -2.78. The second-order valence-electron chi connectivity index (χ2n) is 5.16. The fourth-order valence-electron chi connectivity index (χ4n) is 2.52. The molecule has 0 radical (unpaired) electrons. The van der Waals surface area contributed by atoms with Gasteiger partial charge in [0.1, 0.15) is 12.2 Å². The molecule has 0 saturated carbocycles. The molecule has 1 aliphatic rings. The van der Waals surface area contributed by atoms with E-state index >= 15 is 0 Å². The molecule has 24 heavy (non-hydrogen) atoms. The minimum absolute atomic E-state index is 0.115. The summed E-state index contributed by atoms with van der Waals surface area (Å²) in [4.78, 5) is 16.1. The fraction of sp³-hybridized carbons (Fsp3) is 0.357. The fourth-order valence-corrected chi connectivity index (χ4v) is 2.52. The van der Waals surface area contributed by atoms with Gasteiger partial charge in [-0.3, -0.25) is 0 Å². The Morgan fingerprint density at radius 1 is 1.42 bits per heavy atom. The van der Waals surface area contributed by atoms with Gasteiger partial charge in [-0.05, 0) is 25.0 Å². The van der Waals surface area contributed by atoms with E-state index in [0.29, 0.717) is 12.2 Å². The lowest BCUT2D eigenvalue weighted by Gasteiger charge is -2.23. The zero-order valence-electron chi connectivity index (χ0n) is 12.4. The summed E-state index contributed by atoms with van der Waals surface area (Å²) in [7, 11) is 0. The topological polar surface area (TPSA) is 81.1 Å². The maximum Gasteiger partial charge on any atom is 0.387 e. The van der Waals surface area contributed by atoms with Crippen molar-refractivity contribution in [3.05, 3.63) is 36.2 Å². The van der Waals surface area contributed by atoms with Gasteiger partial charge in [0.05, 0.1) is 6.04 Å². The Balaban J connectivity index is 1.63. The molecule has 1 unspecified atom stereocenters. The minimum Gasteiger partial charge on any atom is -0.432 e. The van der Waals surface area contributed by atoms with Gasteiger partial charge in [0, 0.05) is 18.3 Å². The van der Waals surface area contributed by atoms with Crippen molar-refractivity contribution < 1.29 is 22.7 Å².